The molecule has 1 aromatic carbocycles. The molecule has 0 aliphatic heterocycles. The van der Waals surface area contributed by atoms with Crippen LogP contribution >= 0.6 is 11.3 Å². The number of hydrogen-bond donors (Lipinski definition) is 0. The number of anilines is 1. The molecule has 1 amide bonds. The Kier molecular flexibility index (Phi) is 5.45. The van der Waals surface area contributed by atoms with Gasteiger partial charge in [0.1, 0.15) is 10.8 Å². The van der Waals surface area contributed by atoms with E-state index in [0.717, 1.165) is 40.7 Å². The Morgan fingerprint density at radius 3 is 2.58 bits per heavy atom. The molecule has 128 valence electrons. The van der Waals surface area contributed by atoms with Crippen LogP contribution in [0.2, 0.25) is 0 Å². The monoisotopic (exact) mass is 345 g/mol. The number of carbonyl (C=O) groups excluding carboxylic acids is 1. The Morgan fingerprint density at radius 1 is 1.25 bits per heavy atom. The minimum atomic E-state index is 0.168. The van der Waals surface area contributed by atoms with Crippen LogP contribution in [0.5, 0.6) is 5.75 Å². The molecule has 1 aliphatic carbocycles. The molecule has 1 aliphatic rings. The van der Waals surface area contributed by atoms with Gasteiger partial charge in [0.15, 0.2) is 0 Å². The van der Waals surface area contributed by atoms with Crippen molar-refractivity contribution in [2.24, 2.45) is 0 Å². The number of methoxy groups -OCH3 is 1. The zero-order chi connectivity index (χ0) is 16.9. The van der Waals surface area contributed by atoms with Crippen molar-refractivity contribution in [1.82, 2.24) is 10.2 Å². The van der Waals surface area contributed by atoms with Crippen molar-refractivity contribution in [1.29, 1.82) is 0 Å². The van der Waals surface area contributed by atoms with Gasteiger partial charge < -0.3 is 4.74 Å². The van der Waals surface area contributed by atoms with E-state index in [4.69, 9.17) is 4.74 Å². The molecular weight excluding hydrogens is 322 g/mol. The van der Waals surface area contributed by atoms with E-state index in [1.54, 1.807) is 7.11 Å². The van der Waals surface area contributed by atoms with E-state index in [1.807, 2.05) is 36.1 Å². The van der Waals surface area contributed by atoms with Gasteiger partial charge in [0.25, 0.3) is 0 Å². The van der Waals surface area contributed by atoms with Gasteiger partial charge in [-0.1, -0.05) is 31.1 Å². The predicted octanol–water partition coefficient (Wildman–Crippen LogP) is 4.29. The lowest BCUT2D eigenvalue weighted by atomic mass is 10.2. The molecule has 0 N–H and O–H groups in total. The summed E-state index contributed by atoms with van der Waals surface area (Å²) in [6.07, 6.45) is 5.91. The predicted molar refractivity (Wildman–Crippen MR) is 96.5 cm³/mol. The maximum atomic E-state index is 12.6. The topological polar surface area (TPSA) is 55.3 Å². The van der Waals surface area contributed by atoms with Gasteiger partial charge >= 0.3 is 0 Å². The fraction of sp³-hybridized carbons (Fsp3) is 0.500. The summed E-state index contributed by atoms with van der Waals surface area (Å²) in [5.41, 5.74) is 0.994. The Morgan fingerprint density at radius 2 is 1.96 bits per heavy atom. The number of benzene rings is 1. The third kappa shape index (κ3) is 3.59. The first-order valence-electron chi connectivity index (χ1n) is 8.53. The molecule has 0 radical (unpaired) electrons. The molecule has 6 heteroatoms. The highest BCUT2D eigenvalue weighted by molar-refractivity contribution is 7.18. The smallest absolute Gasteiger partial charge is 0.229 e. The molecule has 0 unspecified atom stereocenters. The standard InChI is InChI=1S/C18H23N3O2S/c1-3-6-16(22)21(14-7-4-5-8-14)18-20-19-17(24-18)13-9-11-15(23-2)12-10-13/h9-12,14H,3-8H2,1-2H3. The maximum absolute atomic E-state index is 12.6. The second-order valence-electron chi connectivity index (χ2n) is 6.07. The van der Waals surface area contributed by atoms with Crippen molar-refractivity contribution in [3.05, 3.63) is 24.3 Å². The maximum Gasteiger partial charge on any atom is 0.229 e. The van der Waals surface area contributed by atoms with Crippen LogP contribution in [0, 0.1) is 0 Å². The minimum absolute atomic E-state index is 0.168. The summed E-state index contributed by atoms with van der Waals surface area (Å²) in [5.74, 6) is 0.982. The van der Waals surface area contributed by atoms with Crippen LogP contribution in [0.1, 0.15) is 45.4 Å². The van der Waals surface area contributed by atoms with Gasteiger partial charge in [0.05, 0.1) is 7.11 Å². The SMILES string of the molecule is CCCC(=O)N(c1nnc(-c2ccc(OC)cc2)s1)C1CCCC1. The van der Waals surface area contributed by atoms with Crippen LogP contribution in [0.4, 0.5) is 5.13 Å². The lowest BCUT2D eigenvalue weighted by Gasteiger charge is -2.25. The fourth-order valence-electron chi connectivity index (χ4n) is 3.13. The molecule has 1 saturated carbocycles. The number of rotatable bonds is 6. The van der Waals surface area contributed by atoms with Crippen LogP contribution in [-0.2, 0) is 4.79 Å². The summed E-state index contributed by atoms with van der Waals surface area (Å²) in [5, 5.41) is 10.2. The largest absolute Gasteiger partial charge is 0.497 e. The Hall–Kier alpha value is -1.95. The summed E-state index contributed by atoms with van der Waals surface area (Å²) in [4.78, 5) is 14.5. The molecule has 5 nitrogen and oxygen atoms in total. The third-order valence-corrected chi connectivity index (χ3v) is 5.35. The summed E-state index contributed by atoms with van der Waals surface area (Å²) in [6.45, 7) is 2.04. The van der Waals surface area contributed by atoms with E-state index in [1.165, 1.54) is 24.2 Å². The van der Waals surface area contributed by atoms with E-state index < -0.39 is 0 Å². The van der Waals surface area contributed by atoms with Gasteiger partial charge in [0, 0.05) is 18.0 Å². The Balaban J connectivity index is 1.85. The molecule has 0 saturated heterocycles. The van der Waals surface area contributed by atoms with E-state index >= 15 is 0 Å². The van der Waals surface area contributed by atoms with Crippen molar-refractivity contribution in [2.45, 2.75) is 51.5 Å². The summed E-state index contributed by atoms with van der Waals surface area (Å²) >= 11 is 1.49. The number of aromatic nitrogens is 2. The minimum Gasteiger partial charge on any atom is -0.497 e. The molecule has 3 rings (SSSR count). The zero-order valence-corrected chi connectivity index (χ0v) is 15.0. The van der Waals surface area contributed by atoms with Crippen molar-refractivity contribution in [2.75, 3.05) is 12.0 Å². The number of ether oxygens (including phenoxy) is 1. The van der Waals surface area contributed by atoms with Gasteiger partial charge in [-0.2, -0.15) is 0 Å². The third-order valence-electron chi connectivity index (χ3n) is 4.38. The van der Waals surface area contributed by atoms with Gasteiger partial charge in [-0.15, -0.1) is 10.2 Å². The summed E-state index contributed by atoms with van der Waals surface area (Å²) in [6, 6.07) is 8.04. The number of amides is 1. The van der Waals surface area contributed by atoms with Gasteiger partial charge in [-0.3, -0.25) is 9.69 Å². The van der Waals surface area contributed by atoms with Gasteiger partial charge in [-0.25, -0.2) is 0 Å². The van der Waals surface area contributed by atoms with E-state index in [9.17, 15) is 4.79 Å². The zero-order valence-electron chi connectivity index (χ0n) is 14.2. The average Bonchev–Trinajstić information content (AvgIpc) is 3.28. The molecule has 2 aromatic rings. The first-order chi connectivity index (χ1) is 11.7. The fourth-order valence-corrected chi connectivity index (χ4v) is 4.07. The van der Waals surface area contributed by atoms with Crippen molar-refractivity contribution >= 4 is 22.4 Å². The number of hydrogen-bond acceptors (Lipinski definition) is 5. The van der Waals surface area contributed by atoms with E-state index in [0.29, 0.717) is 6.42 Å². The van der Waals surface area contributed by atoms with Crippen LogP contribution < -0.4 is 9.64 Å². The lowest BCUT2D eigenvalue weighted by Crippen LogP contribution is -2.38. The molecule has 0 bridgehead atoms. The molecule has 1 heterocycles. The molecule has 0 atom stereocenters. The molecule has 1 fully saturated rings. The number of nitrogens with zero attached hydrogens (tertiary/aromatic N) is 3. The molecule has 0 spiro atoms. The second kappa shape index (κ2) is 7.75. The molecule has 1 aromatic heterocycles. The van der Waals surface area contributed by atoms with Crippen molar-refractivity contribution < 1.29 is 9.53 Å². The van der Waals surface area contributed by atoms with E-state index in [-0.39, 0.29) is 11.9 Å². The summed E-state index contributed by atoms with van der Waals surface area (Å²) < 4.78 is 5.19. The normalized spacial score (nSPS) is 14.8. The Labute approximate surface area is 146 Å². The quantitative estimate of drug-likeness (QED) is 0.784. The molecular formula is C18H23N3O2S. The van der Waals surface area contributed by atoms with Crippen LogP contribution in [0.25, 0.3) is 10.6 Å². The first-order valence-corrected chi connectivity index (χ1v) is 9.34. The molecule has 24 heavy (non-hydrogen) atoms. The average molecular weight is 345 g/mol. The van der Waals surface area contributed by atoms with Crippen molar-refractivity contribution in [3.8, 4) is 16.3 Å². The highest BCUT2D eigenvalue weighted by Crippen LogP contribution is 2.34. The van der Waals surface area contributed by atoms with Crippen LogP contribution in [0.3, 0.4) is 0 Å². The van der Waals surface area contributed by atoms with Crippen molar-refractivity contribution in [3.63, 3.8) is 0 Å². The van der Waals surface area contributed by atoms with Gasteiger partial charge in [-0.05, 0) is 43.5 Å². The number of carbonyl (C=O) groups is 1. The van der Waals surface area contributed by atoms with E-state index in [2.05, 4.69) is 10.2 Å². The highest BCUT2D eigenvalue weighted by atomic mass is 32.1. The first kappa shape index (κ1) is 16.9. The highest BCUT2D eigenvalue weighted by Gasteiger charge is 2.30. The van der Waals surface area contributed by atoms with Crippen LogP contribution in [-0.4, -0.2) is 29.3 Å². The van der Waals surface area contributed by atoms with Gasteiger partial charge in [0.2, 0.25) is 11.0 Å². The Bertz CT molecular complexity index is 678. The lowest BCUT2D eigenvalue weighted by molar-refractivity contribution is -0.119. The summed E-state index contributed by atoms with van der Waals surface area (Å²) in [7, 11) is 1.65. The van der Waals surface area contributed by atoms with Crippen LogP contribution in [0.15, 0.2) is 24.3 Å². The second-order valence-corrected chi connectivity index (χ2v) is 7.03.